The Balaban J connectivity index is 3.05. The molecule has 0 aromatic heterocycles. The van der Waals surface area contributed by atoms with Gasteiger partial charge in [0, 0.05) is 7.11 Å². The fraction of sp³-hybridized carbons (Fsp3) is 0.867. The highest BCUT2D eigenvalue weighted by Crippen LogP contribution is 2.42. The van der Waals surface area contributed by atoms with E-state index >= 15 is 0 Å². The molecule has 3 atom stereocenters. The van der Waals surface area contributed by atoms with Crippen molar-refractivity contribution in [1.82, 2.24) is 0 Å². The Bertz CT molecular complexity index is 359. The number of methoxy groups -OCH3 is 1. The van der Waals surface area contributed by atoms with Crippen molar-refractivity contribution < 1.29 is 19.1 Å². The van der Waals surface area contributed by atoms with Gasteiger partial charge in [0.1, 0.15) is 0 Å². The largest absolute Gasteiger partial charge is 0.393 e. The lowest BCUT2D eigenvalue weighted by Gasteiger charge is -2.33. The minimum absolute atomic E-state index is 0.0228. The van der Waals surface area contributed by atoms with Crippen LogP contribution in [0.1, 0.15) is 48.0 Å². The highest BCUT2D eigenvalue weighted by molar-refractivity contribution is 5.97. The SMILES string of the molecule is COC(CC(C)(C)C)C1C(=O)OC(=O)C1C(C)(C)C. The first-order chi connectivity index (χ1) is 8.47. The molecule has 1 heterocycles. The van der Waals surface area contributed by atoms with E-state index in [1.807, 2.05) is 20.8 Å². The van der Waals surface area contributed by atoms with Crippen LogP contribution in [-0.4, -0.2) is 25.2 Å². The molecule has 0 N–H and O–H groups in total. The summed E-state index contributed by atoms with van der Waals surface area (Å²) in [4.78, 5) is 23.9. The molecule has 4 heteroatoms. The quantitative estimate of drug-likeness (QED) is 0.584. The van der Waals surface area contributed by atoms with Crippen LogP contribution in [-0.2, 0) is 19.1 Å². The number of hydrogen-bond donors (Lipinski definition) is 0. The molecule has 0 aromatic carbocycles. The van der Waals surface area contributed by atoms with Gasteiger partial charge >= 0.3 is 11.9 Å². The second kappa shape index (κ2) is 5.23. The second-order valence-electron chi connectivity index (χ2n) is 7.65. The molecule has 3 unspecified atom stereocenters. The molecule has 1 aliphatic rings. The molecule has 0 saturated carbocycles. The maximum absolute atomic E-state index is 12.0. The number of ether oxygens (including phenoxy) is 2. The lowest BCUT2D eigenvalue weighted by molar-refractivity contribution is -0.155. The Labute approximate surface area is 115 Å². The van der Waals surface area contributed by atoms with E-state index in [0.29, 0.717) is 6.42 Å². The van der Waals surface area contributed by atoms with Crippen LogP contribution < -0.4 is 0 Å². The van der Waals surface area contributed by atoms with Crippen LogP contribution in [0.2, 0.25) is 0 Å². The molecule has 4 nitrogen and oxygen atoms in total. The molecule has 19 heavy (non-hydrogen) atoms. The van der Waals surface area contributed by atoms with Crippen molar-refractivity contribution >= 4 is 11.9 Å². The molecule has 1 saturated heterocycles. The monoisotopic (exact) mass is 270 g/mol. The molecule has 1 rings (SSSR count). The van der Waals surface area contributed by atoms with Gasteiger partial charge in [0.05, 0.1) is 17.9 Å². The number of hydrogen-bond acceptors (Lipinski definition) is 4. The van der Waals surface area contributed by atoms with Crippen molar-refractivity contribution in [3.63, 3.8) is 0 Å². The van der Waals surface area contributed by atoms with E-state index in [0.717, 1.165) is 0 Å². The van der Waals surface area contributed by atoms with Gasteiger partial charge in [0.15, 0.2) is 0 Å². The van der Waals surface area contributed by atoms with E-state index in [1.54, 1.807) is 7.11 Å². The second-order valence-corrected chi connectivity index (χ2v) is 7.65. The Morgan fingerprint density at radius 3 is 2.00 bits per heavy atom. The van der Waals surface area contributed by atoms with Gasteiger partial charge in [-0.1, -0.05) is 41.5 Å². The third-order valence-corrected chi connectivity index (χ3v) is 3.54. The van der Waals surface area contributed by atoms with Crippen molar-refractivity contribution in [2.24, 2.45) is 22.7 Å². The first-order valence-electron chi connectivity index (χ1n) is 6.75. The minimum atomic E-state index is -0.503. The van der Waals surface area contributed by atoms with Crippen molar-refractivity contribution in [2.45, 2.75) is 54.1 Å². The number of carbonyl (C=O) groups is 2. The van der Waals surface area contributed by atoms with Crippen LogP contribution >= 0.6 is 0 Å². The summed E-state index contributed by atoms with van der Waals surface area (Å²) in [6.07, 6.45) is 0.423. The Morgan fingerprint density at radius 2 is 1.63 bits per heavy atom. The van der Waals surface area contributed by atoms with Crippen LogP contribution in [0.25, 0.3) is 0 Å². The van der Waals surface area contributed by atoms with Crippen LogP contribution in [0, 0.1) is 22.7 Å². The summed E-state index contributed by atoms with van der Waals surface area (Å²) in [5.41, 5.74) is -0.294. The number of rotatable bonds is 3. The van der Waals surface area contributed by atoms with Crippen molar-refractivity contribution in [3.8, 4) is 0 Å². The van der Waals surface area contributed by atoms with Crippen LogP contribution in [0.3, 0.4) is 0 Å². The maximum Gasteiger partial charge on any atom is 0.320 e. The number of carbonyl (C=O) groups excluding carboxylic acids is 2. The predicted molar refractivity (Wildman–Crippen MR) is 72.4 cm³/mol. The van der Waals surface area contributed by atoms with Gasteiger partial charge < -0.3 is 9.47 Å². The molecule has 1 aliphatic heterocycles. The van der Waals surface area contributed by atoms with Crippen LogP contribution in [0.15, 0.2) is 0 Å². The summed E-state index contributed by atoms with van der Waals surface area (Å²) in [5, 5.41) is 0. The van der Waals surface area contributed by atoms with Gasteiger partial charge in [-0.15, -0.1) is 0 Å². The molecule has 0 bridgehead atoms. The zero-order valence-corrected chi connectivity index (χ0v) is 13.1. The zero-order chi connectivity index (χ0) is 15.0. The van der Waals surface area contributed by atoms with E-state index in [1.165, 1.54) is 0 Å². The minimum Gasteiger partial charge on any atom is -0.393 e. The fourth-order valence-electron chi connectivity index (χ4n) is 2.73. The third kappa shape index (κ3) is 3.78. The number of esters is 2. The summed E-state index contributed by atoms with van der Waals surface area (Å²) >= 11 is 0. The van der Waals surface area contributed by atoms with Gasteiger partial charge in [0.25, 0.3) is 0 Å². The first kappa shape index (κ1) is 16.2. The summed E-state index contributed by atoms with van der Waals surface area (Å²) in [6.45, 7) is 12.1. The maximum atomic E-state index is 12.0. The predicted octanol–water partition coefficient (Wildman–Crippen LogP) is 2.80. The van der Waals surface area contributed by atoms with Gasteiger partial charge in [-0.2, -0.15) is 0 Å². The number of cyclic esters (lactones) is 2. The summed E-state index contributed by atoms with van der Waals surface area (Å²) in [6, 6.07) is 0. The summed E-state index contributed by atoms with van der Waals surface area (Å²) in [7, 11) is 1.59. The van der Waals surface area contributed by atoms with Crippen molar-refractivity contribution in [1.29, 1.82) is 0 Å². The van der Waals surface area contributed by atoms with E-state index in [-0.39, 0.29) is 16.9 Å². The first-order valence-corrected chi connectivity index (χ1v) is 6.75. The molecule has 1 fully saturated rings. The smallest absolute Gasteiger partial charge is 0.320 e. The topological polar surface area (TPSA) is 52.6 Å². The van der Waals surface area contributed by atoms with E-state index < -0.39 is 23.8 Å². The molecule has 0 amide bonds. The van der Waals surface area contributed by atoms with E-state index in [9.17, 15) is 9.59 Å². The van der Waals surface area contributed by atoms with Gasteiger partial charge in [-0.3, -0.25) is 9.59 Å². The molecule has 110 valence electrons. The Kier molecular flexibility index (Phi) is 4.45. The van der Waals surface area contributed by atoms with Crippen LogP contribution in [0.4, 0.5) is 0 Å². The zero-order valence-electron chi connectivity index (χ0n) is 13.1. The van der Waals surface area contributed by atoms with Crippen LogP contribution in [0.5, 0.6) is 0 Å². The highest BCUT2D eigenvalue weighted by Gasteiger charge is 2.53. The summed E-state index contributed by atoms with van der Waals surface area (Å²) < 4.78 is 10.4. The van der Waals surface area contributed by atoms with Gasteiger partial charge in [-0.25, -0.2) is 0 Å². The fourth-order valence-corrected chi connectivity index (χ4v) is 2.73. The lowest BCUT2D eigenvalue weighted by atomic mass is 9.70. The Morgan fingerprint density at radius 1 is 1.11 bits per heavy atom. The standard InChI is InChI=1S/C15H26O4/c1-14(2,3)8-9(18-7)10-11(15(4,5)6)13(17)19-12(10)16/h9-11H,8H2,1-7H3. The van der Waals surface area contributed by atoms with Crippen molar-refractivity contribution in [3.05, 3.63) is 0 Å². The van der Waals surface area contributed by atoms with Gasteiger partial charge in [-0.05, 0) is 17.3 Å². The summed E-state index contributed by atoms with van der Waals surface area (Å²) in [5.74, 6) is -1.80. The lowest BCUT2D eigenvalue weighted by Crippen LogP contribution is -2.40. The Hall–Kier alpha value is -0.900. The highest BCUT2D eigenvalue weighted by atomic mass is 16.6. The van der Waals surface area contributed by atoms with Crippen molar-refractivity contribution in [2.75, 3.05) is 7.11 Å². The average Bonchev–Trinajstić information content (AvgIpc) is 2.48. The normalized spacial score (nSPS) is 26.5. The molecule has 0 radical (unpaired) electrons. The molecule has 0 spiro atoms. The average molecular weight is 270 g/mol. The molecular formula is C15H26O4. The van der Waals surface area contributed by atoms with E-state index in [2.05, 4.69) is 20.8 Å². The third-order valence-electron chi connectivity index (χ3n) is 3.54. The molecular weight excluding hydrogens is 244 g/mol. The molecule has 0 aliphatic carbocycles. The molecule has 0 aromatic rings. The van der Waals surface area contributed by atoms with Gasteiger partial charge in [0.2, 0.25) is 0 Å². The van der Waals surface area contributed by atoms with E-state index in [4.69, 9.17) is 9.47 Å².